The van der Waals surface area contributed by atoms with Crippen LogP contribution in [-0.2, 0) is 0 Å². The van der Waals surface area contributed by atoms with Crippen LogP contribution in [0.4, 0.5) is 0 Å². The molecule has 108 valence electrons. The van der Waals surface area contributed by atoms with Gasteiger partial charge in [-0.2, -0.15) is 0 Å². The zero-order chi connectivity index (χ0) is 13.8. The Bertz CT molecular complexity index is 443. The van der Waals surface area contributed by atoms with Gasteiger partial charge in [0.2, 0.25) is 0 Å². The molecule has 3 rings (SSSR count). The Kier molecular flexibility index (Phi) is 4.36. The predicted molar refractivity (Wildman–Crippen MR) is 81.0 cm³/mol. The normalized spacial score (nSPS) is 21.0. The molecule has 3 heteroatoms. The van der Waals surface area contributed by atoms with Crippen molar-refractivity contribution in [1.82, 2.24) is 10.6 Å². The maximum absolute atomic E-state index is 12.2. The fourth-order valence-corrected chi connectivity index (χ4v) is 3.40. The van der Waals surface area contributed by atoms with E-state index in [0.717, 1.165) is 37.4 Å². The summed E-state index contributed by atoms with van der Waals surface area (Å²) in [4.78, 5) is 12.2. The van der Waals surface area contributed by atoms with Crippen LogP contribution in [0.5, 0.6) is 0 Å². The number of hydrogen-bond donors (Lipinski definition) is 2. The molecule has 1 saturated heterocycles. The predicted octanol–water partition coefficient (Wildman–Crippen LogP) is 2.83. The van der Waals surface area contributed by atoms with Gasteiger partial charge in [-0.25, -0.2) is 0 Å². The minimum absolute atomic E-state index is 0.0786. The monoisotopic (exact) mass is 272 g/mol. The maximum Gasteiger partial charge on any atom is 0.251 e. The number of nitrogens with one attached hydrogen (secondary N) is 2. The molecule has 2 fully saturated rings. The molecule has 2 N–H and O–H groups in total. The standard InChI is InChI=1S/C17H24N2O/c20-17(19-16-9-11-18-12-10-16)15-7-5-14(6-8-15)13-3-1-2-4-13/h5-8,13,16,18H,1-4,9-12H2,(H,19,20). The van der Waals surface area contributed by atoms with Crippen LogP contribution in [0.15, 0.2) is 24.3 Å². The van der Waals surface area contributed by atoms with Gasteiger partial charge >= 0.3 is 0 Å². The minimum Gasteiger partial charge on any atom is -0.349 e. The summed E-state index contributed by atoms with van der Waals surface area (Å²) in [6.07, 6.45) is 7.38. The summed E-state index contributed by atoms with van der Waals surface area (Å²) >= 11 is 0. The Morgan fingerprint density at radius 2 is 1.65 bits per heavy atom. The maximum atomic E-state index is 12.2. The van der Waals surface area contributed by atoms with Crippen molar-refractivity contribution in [1.29, 1.82) is 0 Å². The SMILES string of the molecule is O=C(NC1CCNCC1)c1ccc(C2CCCC2)cc1. The quantitative estimate of drug-likeness (QED) is 0.888. The lowest BCUT2D eigenvalue weighted by Gasteiger charge is -2.23. The average Bonchev–Trinajstić information content (AvgIpc) is 3.03. The highest BCUT2D eigenvalue weighted by Gasteiger charge is 2.19. The molecular weight excluding hydrogens is 248 g/mol. The van der Waals surface area contributed by atoms with Crippen LogP contribution in [0.25, 0.3) is 0 Å². The molecule has 0 spiro atoms. The van der Waals surface area contributed by atoms with E-state index in [2.05, 4.69) is 22.8 Å². The first-order chi connectivity index (χ1) is 9.83. The van der Waals surface area contributed by atoms with Crippen LogP contribution in [0.2, 0.25) is 0 Å². The Hall–Kier alpha value is -1.35. The summed E-state index contributed by atoms with van der Waals surface area (Å²) in [5.41, 5.74) is 2.20. The van der Waals surface area contributed by atoms with Crippen molar-refractivity contribution < 1.29 is 4.79 Å². The minimum atomic E-state index is 0.0786. The van der Waals surface area contributed by atoms with Crippen LogP contribution in [0, 0.1) is 0 Å². The van der Waals surface area contributed by atoms with Gasteiger partial charge in [0.1, 0.15) is 0 Å². The average molecular weight is 272 g/mol. The lowest BCUT2D eigenvalue weighted by atomic mass is 9.96. The third-order valence-corrected chi connectivity index (χ3v) is 4.67. The number of carbonyl (C=O) groups excluding carboxylic acids is 1. The topological polar surface area (TPSA) is 41.1 Å². The van der Waals surface area contributed by atoms with Crippen molar-refractivity contribution in [2.45, 2.75) is 50.5 Å². The highest BCUT2D eigenvalue weighted by Crippen LogP contribution is 2.33. The molecule has 1 amide bonds. The number of rotatable bonds is 3. The highest BCUT2D eigenvalue weighted by atomic mass is 16.1. The Morgan fingerprint density at radius 3 is 2.30 bits per heavy atom. The lowest BCUT2D eigenvalue weighted by Crippen LogP contribution is -2.42. The van der Waals surface area contributed by atoms with Crippen LogP contribution >= 0.6 is 0 Å². The largest absolute Gasteiger partial charge is 0.349 e. The highest BCUT2D eigenvalue weighted by molar-refractivity contribution is 5.94. The van der Waals surface area contributed by atoms with Crippen molar-refractivity contribution in [2.24, 2.45) is 0 Å². The summed E-state index contributed by atoms with van der Waals surface area (Å²) in [6.45, 7) is 2.01. The zero-order valence-electron chi connectivity index (χ0n) is 12.0. The molecule has 1 aliphatic heterocycles. The van der Waals surface area contributed by atoms with Crippen LogP contribution in [0.3, 0.4) is 0 Å². The van der Waals surface area contributed by atoms with Crippen LogP contribution in [0.1, 0.15) is 60.4 Å². The fraction of sp³-hybridized carbons (Fsp3) is 0.588. The van der Waals surface area contributed by atoms with Crippen molar-refractivity contribution in [2.75, 3.05) is 13.1 Å². The molecule has 20 heavy (non-hydrogen) atoms. The Balaban J connectivity index is 1.59. The van der Waals surface area contributed by atoms with E-state index in [1.165, 1.54) is 31.2 Å². The second kappa shape index (κ2) is 6.40. The number of amides is 1. The number of piperidine rings is 1. The molecule has 0 aromatic heterocycles. The van der Waals surface area contributed by atoms with E-state index in [9.17, 15) is 4.79 Å². The van der Waals surface area contributed by atoms with Crippen LogP contribution < -0.4 is 10.6 Å². The van der Waals surface area contributed by atoms with Gasteiger partial charge < -0.3 is 10.6 Å². The Labute approximate surface area is 121 Å². The molecule has 3 nitrogen and oxygen atoms in total. The van der Waals surface area contributed by atoms with E-state index < -0.39 is 0 Å². The van der Waals surface area contributed by atoms with E-state index >= 15 is 0 Å². The smallest absolute Gasteiger partial charge is 0.251 e. The summed E-state index contributed by atoms with van der Waals surface area (Å²) in [5, 5.41) is 6.46. The molecule has 1 saturated carbocycles. The first-order valence-electron chi connectivity index (χ1n) is 7.94. The van der Waals surface area contributed by atoms with Crippen LogP contribution in [-0.4, -0.2) is 25.0 Å². The molecule has 1 heterocycles. The Morgan fingerprint density at radius 1 is 1.00 bits per heavy atom. The van der Waals surface area contributed by atoms with Gasteiger partial charge in [0.25, 0.3) is 5.91 Å². The molecular formula is C17H24N2O. The van der Waals surface area contributed by atoms with Gasteiger partial charge in [-0.1, -0.05) is 25.0 Å². The number of hydrogen-bond acceptors (Lipinski definition) is 2. The van der Waals surface area contributed by atoms with E-state index in [0.29, 0.717) is 6.04 Å². The van der Waals surface area contributed by atoms with E-state index in [-0.39, 0.29) is 5.91 Å². The molecule has 0 unspecified atom stereocenters. The van der Waals surface area contributed by atoms with E-state index in [1.807, 2.05) is 12.1 Å². The van der Waals surface area contributed by atoms with Gasteiger partial charge in [0.15, 0.2) is 0 Å². The van der Waals surface area contributed by atoms with Gasteiger partial charge in [-0.05, 0) is 62.4 Å². The molecule has 2 aliphatic rings. The second-order valence-electron chi connectivity index (χ2n) is 6.10. The van der Waals surface area contributed by atoms with Gasteiger partial charge in [-0.3, -0.25) is 4.79 Å². The molecule has 0 bridgehead atoms. The summed E-state index contributed by atoms with van der Waals surface area (Å²) in [7, 11) is 0. The summed E-state index contributed by atoms with van der Waals surface area (Å²) < 4.78 is 0. The van der Waals surface area contributed by atoms with Crippen molar-refractivity contribution >= 4 is 5.91 Å². The van der Waals surface area contributed by atoms with Gasteiger partial charge in [-0.15, -0.1) is 0 Å². The second-order valence-corrected chi connectivity index (χ2v) is 6.10. The molecule has 1 aromatic carbocycles. The molecule has 1 aromatic rings. The van der Waals surface area contributed by atoms with Gasteiger partial charge in [0.05, 0.1) is 0 Å². The summed E-state index contributed by atoms with van der Waals surface area (Å²) in [6, 6.07) is 8.60. The molecule has 0 atom stereocenters. The van der Waals surface area contributed by atoms with Crippen molar-refractivity contribution in [3.8, 4) is 0 Å². The van der Waals surface area contributed by atoms with E-state index in [1.54, 1.807) is 0 Å². The first-order valence-corrected chi connectivity index (χ1v) is 7.94. The van der Waals surface area contributed by atoms with Crippen molar-refractivity contribution in [3.05, 3.63) is 35.4 Å². The molecule has 0 radical (unpaired) electrons. The summed E-state index contributed by atoms with van der Waals surface area (Å²) in [5.74, 6) is 0.798. The third-order valence-electron chi connectivity index (χ3n) is 4.67. The first kappa shape index (κ1) is 13.6. The van der Waals surface area contributed by atoms with Crippen molar-refractivity contribution in [3.63, 3.8) is 0 Å². The third kappa shape index (κ3) is 3.21. The lowest BCUT2D eigenvalue weighted by molar-refractivity contribution is 0.0929. The molecule has 1 aliphatic carbocycles. The number of carbonyl (C=O) groups is 1. The zero-order valence-corrected chi connectivity index (χ0v) is 12.0. The van der Waals surface area contributed by atoms with Gasteiger partial charge in [0, 0.05) is 11.6 Å². The number of benzene rings is 1. The fourth-order valence-electron chi connectivity index (χ4n) is 3.40. The van der Waals surface area contributed by atoms with E-state index in [4.69, 9.17) is 0 Å².